The van der Waals surface area contributed by atoms with E-state index in [1.165, 1.54) is 6.07 Å². The summed E-state index contributed by atoms with van der Waals surface area (Å²) in [5.74, 6) is -0.721. The molecule has 0 fully saturated rings. The van der Waals surface area contributed by atoms with Crippen LogP contribution in [0.2, 0.25) is 5.02 Å². The van der Waals surface area contributed by atoms with E-state index in [2.05, 4.69) is 15.9 Å². The number of hydrogen-bond donors (Lipinski definition) is 0. The molecule has 0 amide bonds. The van der Waals surface area contributed by atoms with Crippen LogP contribution in [0.25, 0.3) is 0 Å². The molecule has 0 aromatic heterocycles. The van der Waals surface area contributed by atoms with E-state index in [1.54, 1.807) is 0 Å². The molecule has 0 bridgehead atoms. The van der Waals surface area contributed by atoms with Crippen molar-refractivity contribution in [1.82, 2.24) is 0 Å². The highest BCUT2D eigenvalue weighted by molar-refractivity contribution is 9.10. The first-order chi connectivity index (χ1) is 6.61. The van der Waals surface area contributed by atoms with Crippen LogP contribution in [0.4, 0.5) is 4.39 Å². The molecule has 0 heterocycles. The molecular weight excluding hydrogens is 270 g/mol. The van der Waals surface area contributed by atoms with Crippen LogP contribution in [-0.4, -0.2) is 5.78 Å². The summed E-state index contributed by atoms with van der Waals surface area (Å²) < 4.78 is 14.3. The van der Waals surface area contributed by atoms with Crippen LogP contribution in [-0.2, 0) is 6.42 Å². The number of rotatable bonds is 0. The van der Waals surface area contributed by atoms with Gasteiger partial charge in [-0.2, -0.15) is 0 Å². The number of carbonyl (C=O) groups excluding carboxylic acids is 1. The predicted octanol–water partition coefficient (Wildman–Crippen LogP) is 3.76. The lowest BCUT2D eigenvalue weighted by Crippen LogP contribution is -2.14. The Balaban J connectivity index is 2.73. The van der Waals surface area contributed by atoms with Gasteiger partial charge in [-0.1, -0.05) is 27.5 Å². The van der Waals surface area contributed by atoms with Crippen LogP contribution in [0, 0.1) is 5.82 Å². The Kier molecular flexibility index (Phi) is 2.62. The van der Waals surface area contributed by atoms with Crippen LogP contribution in [0.1, 0.15) is 28.8 Å². The number of fused-ring (bicyclic) bond motifs is 1. The van der Waals surface area contributed by atoms with Crippen molar-refractivity contribution < 1.29 is 9.18 Å². The minimum absolute atomic E-state index is 0.00544. The van der Waals surface area contributed by atoms with Gasteiger partial charge in [-0.3, -0.25) is 4.79 Å². The van der Waals surface area contributed by atoms with E-state index >= 15 is 0 Å². The maximum Gasteiger partial charge on any atom is 0.166 e. The summed E-state index contributed by atoms with van der Waals surface area (Å²) in [5.41, 5.74) is 0.929. The standard InChI is InChI=1S/C10H7BrClFO/c11-6-4-7(12)10(13)9-5(6)2-1-3-8(9)14/h4H,1-3H2. The van der Waals surface area contributed by atoms with Gasteiger partial charge in [0.05, 0.1) is 10.6 Å². The first-order valence-corrected chi connectivity index (χ1v) is 5.48. The average molecular weight is 278 g/mol. The molecule has 1 nitrogen and oxygen atoms in total. The molecule has 1 aromatic carbocycles. The molecular formula is C10H7BrClFO. The van der Waals surface area contributed by atoms with Crippen LogP contribution in [0.5, 0.6) is 0 Å². The lowest BCUT2D eigenvalue weighted by Gasteiger charge is -2.17. The summed E-state index contributed by atoms with van der Waals surface area (Å²) in [6.45, 7) is 0. The van der Waals surface area contributed by atoms with Crippen molar-refractivity contribution in [2.75, 3.05) is 0 Å². The third-order valence-electron chi connectivity index (χ3n) is 2.38. The first kappa shape index (κ1) is 10.1. The molecule has 4 heteroatoms. The largest absolute Gasteiger partial charge is 0.294 e. The fourth-order valence-electron chi connectivity index (χ4n) is 1.72. The minimum atomic E-state index is -0.574. The van der Waals surface area contributed by atoms with E-state index in [0.717, 1.165) is 22.9 Å². The van der Waals surface area contributed by atoms with E-state index in [0.29, 0.717) is 6.42 Å². The third kappa shape index (κ3) is 1.48. The number of hydrogen-bond acceptors (Lipinski definition) is 1. The second-order valence-corrected chi connectivity index (χ2v) is 4.55. The maximum absolute atomic E-state index is 13.5. The Morgan fingerprint density at radius 3 is 2.86 bits per heavy atom. The summed E-state index contributed by atoms with van der Waals surface area (Å²) in [6, 6.07) is 1.51. The highest BCUT2D eigenvalue weighted by Crippen LogP contribution is 2.34. The molecule has 0 radical (unpaired) electrons. The van der Waals surface area contributed by atoms with E-state index < -0.39 is 5.82 Å². The van der Waals surface area contributed by atoms with E-state index in [4.69, 9.17) is 11.6 Å². The van der Waals surface area contributed by atoms with E-state index in [1.807, 2.05) is 0 Å². The zero-order chi connectivity index (χ0) is 10.3. The smallest absolute Gasteiger partial charge is 0.166 e. The quantitative estimate of drug-likeness (QED) is 0.660. The Morgan fingerprint density at radius 2 is 2.14 bits per heavy atom. The second kappa shape index (κ2) is 3.63. The Bertz CT molecular complexity index is 417. The molecule has 0 atom stereocenters. The lowest BCUT2D eigenvalue weighted by atomic mass is 9.90. The van der Waals surface area contributed by atoms with Crippen molar-refractivity contribution >= 4 is 33.3 Å². The molecule has 0 saturated heterocycles. The van der Waals surface area contributed by atoms with Gasteiger partial charge in [-0.05, 0) is 24.5 Å². The molecule has 1 aliphatic rings. The summed E-state index contributed by atoms with van der Waals surface area (Å²) in [6.07, 6.45) is 1.93. The highest BCUT2D eigenvalue weighted by atomic mass is 79.9. The van der Waals surface area contributed by atoms with Gasteiger partial charge in [0.1, 0.15) is 0 Å². The molecule has 0 N–H and O–H groups in total. The Morgan fingerprint density at radius 1 is 1.43 bits per heavy atom. The van der Waals surface area contributed by atoms with Crippen LogP contribution >= 0.6 is 27.5 Å². The summed E-state index contributed by atoms with van der Waals surface area (Å²) in [7, 11) is 0. The third-order valence-corrected chi connectivity index (χ3v) is 3.36. The second-order valence-electron chi connectivity index (χ2n) is 3.28. The number of ketones is 1. The molecule has 0 aliphatic heterocycles. The average Bonchev–Trinajstić information content (AvgIpc) is 2.14. The van der Waals surface area contributed by atoms with Crippen molar-refractivity contribution in [3.05, 3.63) is 32.5 Å². The molecule has 1 aromatic rings. The van der Waals surface area contributed by atoms with Gasteiger partial charge in [0, 0.05) is 10.9 Å². The summed E-state index contributed by atoms with van der Waals surface area (Å²) >= 11 is 8.95. The van der Waals surface area contributed by atoms with Crippen molar-refractivity contribution in [3.63, 3.8) is 0 Å². The van der Waals surface area contributed by atoms with Gasteiger partial charge in [-0.15, -0.1) is 0 Å². The Hall–Kier alpha value is -0.410. The first-order valence-electron chi connectivity index (χ1n) is 4.31. The van der Waals surface area contributed by atoms with Gasteiger partial charge in [-0.25, -0.2) is 4.39 Å². The van der Waals surface area contributed by atoms with Crippen LogP contribution in [0.15, 0.2) is 10.5 Å². The van der Waals surface area contributed by atoms with Crippen molar-refractivity contribution in [2.45, 2.75) is 19.3 Å². The van der Waals surface area contributed by atoms with Gasteiger partial charge >= 0.3 is 0 Å². The number of halogens is 3. The number of carbonyl (C=O) groups is 1. The normalized spacial score (nSPS) is 15.5. The van der Waals surface area contributed by atoms with E-state index in [-0.39, 0.29) is 16.4 Å². The highest BCUT2D eigenvalue weighted by Gasteiger charge is 2.25. The zero-order valence-electron chi connectivity index (χ0n) is 7.24. The molecule has 14 heavy (non-hydrogen) atoms. The van der Waals surface area contributed by atoms with Crippen LogP contribution < -0.4 is 0 Å². The van der Waals surface area contributed by atoms with Crippen molar-refractivity contribution in [2.24, 2.45) is 0 Å². The molecule has 2 rings (SSSR count). The van der Waals surface area contributed by atoms with Gasteiger partial charge in [0.2, 0.25) is 0 Å². The topological polar surface area (TPSA) is 17.1 Å². The van der Waals surface area contributed by atoms with Crippen molar-refractivity contribution in [1.29, 1.82) is 0 Å². The van der Waals surface area contributed by atoms with Crippen molar-refractivity contribution in [3.8, 4) is 0 Å². The lowest BCUT2D eigenvalue weighted by molar-refractivity contribution is 0.0968. The van der Waals surface area contributed by atoms with E-state index in [9.17, 15) is 9.18 Å². The van der Waals surface area contributed by atoms with Gasteiger partial charge in [0.25, 0.3) is 0 Å². The predicted molar refractivity (Wildman–Crippen MR) is 56.4 cm³/mol. The maximum atomic E-state index is 13.5. The fourth-order valence-corrected chi connectivity index (χ4v) is 2.68. The zero-order valence-corrected chi connectivity index (χ0v) is 9.58. The molecule has 0 spiro atoms. The summed E-state index contributed by atoms with van der Waals surface area (Å²) in [4.78, 5) is 11.5. The number of benzene rings is 1. The Labute approximate surface area is 94.4 Å². The van der Waals surface area contributed by atoms with Gasteiger partial charge in [0.15, 0.2) is 11.6 Å². The molecule has 1 aliphatic carbocycles. The molecule has 74 valence electrons. The SMILES string of the molecule is O=C1CCCc2c(Br)cc(Cl)c(F)c21. The monoisotopic (exact) mass is 276 g/mol. The number of Topliss-reactive ketones (excluding diaryl/α,β-unsaturated/α-hetero) is 1. The molecule has 0 saturated carbocycles. The minimum Gasteiger partial charge on any atom is -0.294 e. The van der Waals surface area contributed by atoms with Gasteiger partial charge < -0.3 is 0 Å². The fraction of sp³-hybridized carbons (Fsp3) is 0.300. The van der Waals surface area contributed by atoms with Crippen LogP contribution in [0.3, 0.4) is 0 Å². The molecule has 0 unspecified atom stereocenters. The summed E-state index contributed by atoms with van der Waals surface area (Å²) in [5, 5.41) is 0.00544.